The molecule has 3 aromatic rings. The summed E-state index contributed by atoms with van der Waals surface area (Å²) in [5.74, 6) is -0.972. The van der Waals surface area contributed by atoms with Gasteiger partial charge in [-0.1, -0.05) is 36.4 Å². The number of nitrogens with zero attached hydrogens (tertiary/aromatic N) is 1. The van der Waals surface area contributed by atoms with E-state index in [-0.39, 0.29) is 17.4 Å². The van der Waals surface area contributed by atoms with E-state index in [0.29, 0.717) is 28.6 Å². The SMILES string of the molecule is CC(C(=O)NCCc1ccccn1)c1c(Br)c(O)cc(O)c1-c1ccccc1. The number of phenolic OH excluding ortho intramolecular Hbond substituents is 2. The Morgan fingerprint density at radius 2 is 1.82 bits per heavy atom. The third kappa shape index (κ3) is 4.34. The average molecular weight is 441 g/mol. The van der Waals surface area contributed by atoms with Crippen LogP contribution in [0.3, 0.4) is 0 Å². The zero-order chi connectivity index (χ0) is 20.1. The molecule has 1 amide bonds. The molecule has 0 radical (unpaired) electrons. The summed E-state index contributed by atoms with van der Waals surface area (Å²) in [6.07, 6.45) is 2.34. The van der Waals surface area contributed by atoms with Gasteiger partial charge in [-0.2, -0.15) is 0 Å². The highest BCUT2D eigenvalue weighted by atomic mass is 79.9. The summed E-state index contributed by atoms with van der Waals surface area (Å²) < 4.78 is 0.400. The van der Waals surface area contributed by atoms with Crippen molar-refractivity contribution in [2.24, 2.45) is 0 Å². The summed E-state index contributed by atoms with van der Waals surface area (Å²) in [6.45, 7) is 2.20. The fourth-order valence-electron chi connectivity index (χ4n) is 3.11. The van der Waals surface area contributed by atoms with Crippen LogP contribution in [0.25, 0.3) is 11.1 Å². The van der Waals surface area contributed by atoms with Crippen molar-refractivity contribution in [3.8, 4) is 22.6 Å². The molecule has 0 aliphatic rings. The van der Waals surface area contributed by atoms with Crippen LogP contribution in [0.1, 0.15) is 24.1 Å². The lowest BCUT2D eigenvalue weighted by atomic mass is 9.90. The molecule has 6 heteroatoms. The standard InChI is InChI=1S/C22H21BrN2O3/c1-14(22(28)25-12-10-16-9-5-6-11-24-16)19-20(15-7-3-2-4-8-15)17(26)13-18(27)21(19)23/h2-9,11,13-14,26-27H,10,12H2,1H3,(H,25,28). The van der Waals surface area contributed by atoms with Gasteiger partial charge in [0.1, 0.15) is 11.5 Å². The van der Waals surface area contributed by atoms with E-state index in [1.54, 1.807) is 13.1 Å². The van der Waals surface area contributed by atoms with Crippen LogP contribution in [-0.4, -0.2) is 27.6 Å². The first kappa shape index (κ1) is 19.9. The molecule has 0 saturated carbocycles. The minimum atomic E-state index is -0.591. The minimum absolute atomic E-state index is 0.0740. The number of phenols is 2. The van der Waals surface area contributed by atoms with Crippen molar-refractivity contribution >= 4 is 21.8 Å². The van der Waals surface area contributed by atoms with Gasteiger partial charge in [0, 0.05) is 36.5 Å². The van der Waals surface area contributed by atoms with E-state index in [0.717, 1.165) is 11.3 Å². The Hall–Kier alpha value is -2.86. The van der Waals surface area contributed by atoms with E-state index in [2.05, 4.69) is 26.2 Å². The Kier molecular flexibility index (Phi) is 6.31. The molecular formula is C22H21BrN2O3. The van der Waals surface area contributed by atoms with Gasteiger partial charge in [-0.25, -0.2) is 0 Å². The first-order valence-electron chi connectivity index (χ1n) is 8.96. The lowest BCUT2D eigenvalue weighted by Gasteiger charge is -2.20. The molecule has 1 aromatic heterocycles. The third-order valence-electron chi connectivity index (χ3n) is 4.56. The first-order chi connectivity index (χ1) is 13.5. The Morgan fingerprint density at radius 1 is 1.11 bits per heavy atom. The van der Waals surface area contributed by atoms with E-state index in [1.165, 1.54) is 6.07 Å². The summed E-state index contributed by atoms with van der Waals surface area (Å²) >= 11 is 3.39. The smallest absolute Gasteiger partial charge is 0.227 e. The molecule has 0 spiro atoms. The number of aromatic nitrogens is 1. The summed E-state index contributed by atoms with van der Waals surface area (Å²) in [6, 6.07) is 16.2. The van der Waals surface area contributed by atoms with Gasteiger partial charge in [-0.05, 0) is 46.1 Å². The van der Waals surface area contributed by atoms with Crippen molar-refractivity contribution in [2.45, 2.75) is 19.3 Å². The molecule has 5 nitrogen and oxygen atoms in total. The largest absolute Gasteiger partial charge is 0.507 e. The Labute approximate surface area is 172 Å². The number of nitrogens with one attached hydrogen (secondary N) is 1. The lowest BCUT2D eigenvalue weighted by Crippen LogP contribution is -2.30. The number of halogens is 1. The molecular weight excluding hydrogens is 420 g/mol. The summed E-state index contributed by atoms with van der Waals surface area (Å²) in [5.41, 5.74) is 2.73. The zero-order valence-electron chi connectivity index (χ0n) is 15.4. The highest BCUT2D eigenvalue weighted by Gasteiger charge is 2.26. The van der Waals surface area contributed by atoms with E-state index in [4.69, 9.17) is 0 Å². The molecule has 28 heavy (non-hydrogen) atoms. The fourth-order valence-corrected chi connectivity index (χ4v) is 3.77. The topological polar surface area (TPSA) is 82.5 Å². The van der Waals surface area contributed by atoms with Crippen LogP contribution < -0.4 is 5.32 Å². The lowest BCUT2D eigenvalue weighted by molar-refractivity contribution is -0.122. The van der Waals surface area contributed by atoms with E-state index < -0.39 is 5.92 Å². The molecule has 1 atom stereocenters. The van der Waals surface area contributed by atoms with Crippen LogP contribution in [0.5, 0.6) is 11.5 Å². The van der Waals surface area contributed by atoms with Crippen molar-refractivity contribution in [3.05, 3.63) is 76.5 Å². The molecule has 0 aliphatic carbocycles. The number of aromatic hydroxyl groups is 2. The van der Waals surface area contributed by atoms with E-state index in [9.17, 15) is 15.0 Å². The van der Waals surface area contributed by atoms with Crippen LogP contribution in [0, 0.1) is 0 Å². The predicted molar refractivity (Wildman–Crippen MR) is 112 cm³/mol. The van der Waals surface area contributed by atoms with Gasteiger partial charge >= 0.3 is 0 Å². The highest BCUT2D eigenvalue weighted by molar-refractivity contribution is 9.10. The molecule has 0 bridgehead atoms. The van der Waals surface area contributed by atoms with Gasteiger partial charge < -0.3 is 15.5 Å². The number of hydrogen-bond donors (Lipinski definition) is 3. The fraction of sp³-hybridized carbons (Fsp3) is 0.182. The summed E-state index contributed by atoms with van der Waals surface area (Å²) in [4.78, 5) is 17.0. The van der Waals surface area contributed by atoms with Gasteiger partial charge in [-0.3, -0.25) is 9.78 Å². The predicted octanol–water partition coefficient (Wildman–Crippen LogP) is 4.38. The van der Waals surface area contributed by atoms with Crippen molar-refractivity contribution in [3.63, 3.8) is 0 Å². The van der Waals surface area contributed by atoms with Gasteiger partial charge in [0.15, 0.2) is 0 Å². The number of carbonyl (C=O) groups excluding carboxylic acids is 1. The van der Waals surface area contributed by atoms with Gasteiger partial charge in [-0.15, -0.1) is 0 Å². The normalized spacial score (nSPS) is 11.8. The van der Waals surface area contributed by atoms with Gasteiger partial charge in [0.05, 0.1) is 10.4 Å². The van der Waals surface area contributed by atoms with Crippen LogP contribution in [0.4, 0.5) is 0 Å². The molecule has 0 saturated heterocycles. The van der Waals surface area contributed by atoms with E-state index in [1.807, 2.05) is 48.5 Å². The molecule has 0 fully saturated rings. The number of hydrogen-bond acceptors (Lipinski definition) is 4. The van der Waals surface area contributed by atoms with Gasteiger partial charge in [0.25, 0.3) is 0 Å². The second kappa shape index (κ2) is 8.89. The Bertz CT molecular complexity index is 963. The Balaban J connectivity index is 1.86. The third-order valence-corrected chi connectivity index (χ3v) is 5.39. The minimum Gasteiger partial charge on any atom is -0.507 e. The molecule has 3 N–H and O–H groups in total. The van der Waals surface area contributed by atoms with Crippen LogP contribution in [0.15, 0.2) is 65.3 Å². The summed E-state index contributed by atoms with van der Waals surface area (Å²) in [7, 11) is 0. The van der Waals surface area contributed by atoms with Crippen LogP contribution >= 0.6 is 15.9 Å². The Morgan fingerprint density at radius 3 is 2.50 bits per heavy atom. The number of carbonyl (C=O) groups is 1. The van der Waals surface area contributed by atoms with E-state index >= 15 is 0 Å². The summed E-state index contributed by atoms with van der Waals surface area (Å²) in [5, 5.41) is 23.6. The van der Waals surface area contributed by atoms with Crippen LogP contribution in [0.2, 0.25) is 0 Å². The quantitative estimate of drug-likeness (QED) is 0.530. The average Bonchev–Trinajstić information content (AvgIpc) is 2.71. The monoisotopic (exact) mass is 440 g/mol. The second-order valence-electron chi connectivity index (χ2n) is 6.47. The van der Waals surface area contributed by atoms with Crippen molar-refractivity contribution in [1.29, 1.82) is 0 Å². The number of benzene rings is 2. The molecule has 3 rings (SSSR count). The van der Waals surface area contributed by atoms with Crippen LogP contribution in [-0.2, 0) is 11.2 Å². The maximum absolute atomic E-state index is 12.8. The zero-order valence-corrected chi connectivity index (χ0v) is 17.0. The number of rotatable bonds is 6. The maximum Gasteiger partial charge on any atom is 0.227 e. The molecule has 1 heterocycles. The molecule has 144 valence electrons. The highest BCUT2D eigenvalue weighted by Crippen LogP contribution is 2.45. The van der Waals surface area contributed by atoms with Crippen molar-refractivity contribution in [2.75, 3.05) is 6.54 Å². The molecule has 2 aromatic carbocycles. The molecule has 0 aliphatic heterocycles. The molecule has 1 unspecified atom stereocenters. The number of amides is 1. The maximum atomic E-state index is 12.8. The second-order valence-corrected chi connectivity index (χ2v) is 7.26. The number of pyridine rings is 1. The van der Waals surface area contributed by atoms with Crippen molar-refractivity contribution in [1.82, 2.24) is 10.3 Å². The van der Waals surface area contributed by atoms with Crippen molar-refractivity contribution < 1.29 is 15.0 Å². The van der Waals surface area contributed by atoms with Gasteiger partial charge in [0.2, 0.25) is 5.91 Å². The first-order valence-corrected chi connectivity index (χ1v) is 9.75.